The fourth-order valence-electron chi connectivity index (χ4n) is 5.73. The third-order valence-corrected chi connectivity index (χ3v) is 7.62. The number of likely N-dealkylation sites (tertiary alicyclic amines) is 1. The molecule has 2 amide bonds. The fraction of sp³-hybridized carbons (Fsp3) is 0.654. The minimum Gasteiger partial charge on any atom is -0.491 e. The van der Waals surface area contributed by atoms with Gasteiger partial charge in [-0.25, -0.2) is 14.8 Å². The third-order valence-electron chi connectivity index (χ3n) is 7.62. The van der Waals surface area contributed by atoms with Gasteiger partial charge < -0.3 is 19.6 Å². The molecule has 3 saturated heterocycles. The SMILES string of the molecule is CC(=O)N1CCN(CCCN2CC3CCC(C2)N3N(C(=O)O)C(C)COc2ccc(C#N)cc2)CC1. The molecule has 0 spiro atoms. The van der Waals surface area contributed by atoms with Crippen molar-refractivity contribution in [1.82, 2.24) is 24.7 Å². The Kier molecular flexibility index (Phi) is 8.67. The molecule has 3 aliphatic rings. The second-order valence-corrected chi connectivity index (χ2v) is 10.1. The van der Waals surface area contributed by atoms with Crippen LogP contribution in [-0.2, 0) is 4.79 Å². The molecule has 0 saturated carbocycles. The number of fused-ring (bicyclic) bond motifs is 2. The molecule has 4 rings (SSSR count). The molecule has 36 heavy (non-hydrogen) atoms. The first-order chi connectivity index (χ1) is 17.4. The first-order valence-electron chi connectivity index (χ1n) is 13.0. The Morgan fingerprint density at radius 3 is 2.25 bits per heavy atom. The van der Waals surface area contributed by atoms with Gasteiger partial charge in [-0.2, -0.15) is 5.26 Å². The first kappa shape index (κ1) is 26.2. The van der Waals surface area contributed by atoms with Crippen molar-refractivity contribution in [2.45, 2.75) is 51.2 Å². The van der Waals surface area contributed by atoms with Gasteiger partial charge in [0.1, 0.15) is 12.4 Å². The summed E-state index contributed by atoms with van der Waals surface area (Å²) >= 11 is 0. The number of carbonyl (C=O) groups excluding carboxylic acids is 1. The number of benzene rings is 1. The number of rotatable bonds is 9. The second-order valence-electron chi connectivity index (χ2n) is 10.1. The summed E-state index contributed by atoms with van der Waals surface area (Å²) in [5.41, 5.74) is 0.563. The number of carboxylic acid groups (broad SMARTS) is 1. The molecule has 1 N–H and O–H groups in total. The molecule has 1 aromatic rings. The van der Waals surface area contributed by atoms with Gasteiger partial charge in [0, 0.05) is 58.3 Å². The molecule has 10 nitrogen and oxygen atoms in total. The lowest BCUT2D eigenvalue weighted by Gasteiger charge is -2.47. The molecular formula is C26H38N6O4. The highest BCUT2D eigenvalue weighted by molar-refractivity contribution is 5.73. The largest absolute Gasteiger partial charge is 0.491 e. The monoisotopic (exact) mass is 498 g/mol. The Labute approximate surface area is 213 Å². The van der Waals surface area contributed by atoms with Gasteiger partial charge in [0.15, 0.2) is 0 Å². The molecule has 3 heterocycles. The zero-order valence-corrected chi connectivity index (χ0v) is 21.4. The van der Waals surface area contributed by atoms with Crippen LogP contribution in [0.4, 0.5) is 4.79 Å². The van der Waals surface area contributed by atoms with Gasteiger partial charge in [-0.1, -0.05) is 0 Å². The van der Waals surface area contributed by atoms with Crippen LogP contribution < -0.4 is 4.74 Å². The van der Waals surface area contributed by atoms with E-state index in [9.17, 15) is 14.7 Å². The molecule has 3 aliphatic heterocycles. The maximum absolute atomic E-state index is 12.3. The predicted octanol–water partition coefficient (Wildman–Crippen LogP) is 1.92. The Bertz CT molecular complexity index is 929. The highest BCUT2D eigenvalue weighted by Crippen LogP contribution is 2.33. The summed E-state index contributed by atoms with van der Waals surface area (Å²) in [5, 5.41) is 22.6. The maximum Gasteiger partial charge on any atom is 0.422 e. The van der Waals surface area contributed by atoms with Crippen molar-refractivity contribution in [2.24, 2.45) is 0 Å². The highest BCUT2D eigenvalue weighted by Gasteiger charge is 2.45. The van der Waals surface area contributed by atoms with E-state index in [0.717, 1.165) is 71.6 Å². The molecule has 3 fully saturated rings. The number of nitrogens with zero attached hydrogens (tertiary/aromatic N) is 6. The molecule has 0 aromatic heterocycles. The Balaban J connectivity index is 1.25. The van der Waals surface area contributed by atoms with Gasteiger partial charge in [-0.05, 0) is 63.5 Å². The summed E-state index contributed by atoms with van der Waals surface area (Å²) in [6, 6.07) is 9.00. The average Bonchev–Trinajstić information content (AvgIpc) is 3.11. The summed E-state index contributed by atoms with van der Waals surface area (Å²) in [6.45, 7) is 11.1. The highest BCUT2D eigenvalue weighted by atomic mass is 16.5. The van der Waals surface area contributed by atoms with E-state index in [0.29, 0.717) is 11.3 Å². The van der Waals surface area contributed by atoms with Crippen LogP contribution in [0.2, 0.25) is 0 Å². The zero-order chi connectivity index (χ0) is 25.7. The summed E-state index contributed by atoms with van der Waals surface area (Å²) in [7, 11) is 0. The quantitative estimate of drug-likeness (QED) is 0.551. The van der Waals surface area contributed by atoms with E-state index < -0.39 is 6.09 Å². The normalized spacial score (nSPS) is 23.8. The number of amides is 2. The zero-order valence-electron chi connectivity index (χ0n) is 21.4. The van der Waals surface area contributed by atoms with Crippen molar-refractivity contribution in [1.29, 1.82) is 5.26 Å². The lowest BCUT2D eigenvalue weighted by atomic mass is 10.2. The summed E-state index contributed by atoms with van der Waals surface area (Å²) < 4.78 is 5.85. The number of ether oxygens (including phenoxy) is 1. The molecule has 10 heteroatoms. The Morgan fingerprint density at radius 1 is 1.08 bits per heavy atom. The smallest absolute Gasteiger partial charge is 0.422 e. The van der Waals surface area contributed by atoms with Crippen molar-refractivity contribution >= 4 is 12.0 Å². The van der Waals surface area contributed by atoms with E-state index in [2.05, 4.69) is 20.9 Å². The van der Waals surface area contributed by atoms with Crippen molar-refractivity contribution in [3.63, 3.8) is 0 Å². The average molecular weight is 499 g/mol. The molecule has 1 aromatic carbocycles. The number of hydrazine groups is 1. The van der Waals surface area contributed by atoms with E-state index >= 15 is 0 Å². The van der Waals surface area contributed by atoms with Crippen LogP contribution in [0.15, 0.2) is 24.3 Å². The van der Waals surface area contributed by atoms with Crippen LogP contribution in [0.3, 0.4) is 0 Å². The minimum absolute atomic E-state index is 0.161. The molecular weight excluding hydrogens is 460 g/mol. The maximum atomic E-state index is 12.3. The molecule has 196 valence electrons. The van der Waals surface area contributed by atoms with Crippen molar-refractivity contribution in [3.05, 3.63) is 29.8 Å². The van der Waals surface area contributed by atoms with Gasteiger partial charge in [-0.15, -0.1) is 0 Å². The number of nitriles is 1. The van der Waals surface area contributed by atoms with Crippen molar-refractivity contribution in [2.75, 3.05) is 59.0 Å². The lowest BCUT2D eigenvalue weighted by molar-refractivity contribution is -0.130. The minimum atomic E-state index is -0.944. The molecule has 0 radical (unpaired) electrons. The van der Waals surface area contributed by atoms with E-state index in [1.807, 2.05) is 11.8 Å². The second kappa shape index (κ2) is 11.9. The van der Waals surface area contributed by atoms with Crippen LogP contribution in [0.25, 0.3) is 0 Å². The molecule has 3 atom stereocenters. The molecule has 0 aliphatic carbocycles. The standard InChI is InChI=1S/C26H38N6O4/c1-20(19-36-25-8-4-22(16-27)5-9-25)31(26(34)35)32-23-6-7-24(32)18-29(17-23)11-3-10-28-12-14-30(15-13-28)21(2)33/h4-5,8-9,20,23-24H,3,6-7,10-15,17-19H2,1-2H3,(H,34,35). The number of hydrogen-bond acceptors (Lipinski definition) is 7. The number of carbonyl (C=O) groups is 2. The van der Waals surface area contributed by atoms with Gasteiger partial charge in [0.2, 0.25) is 5.91 Å². The van der Waals surface area contributed by atoms with Crippen LogP contribution in [-0.4, -0.2) is 119 Å². The number of hydrogen-bond donors (Lipinski definition) is 1. The summed E-state index contributed by atoms with van der Waals surface area (Å²) in [5.74, 6) is 0.787. The first-order valence-corrected chi connectivity index (χ1v) is 13.0. The van der Waals surface area contributed by atoms with E-state index in [1.165, 1.54) is 5.01 Å². The topological polar surface area (TPSA) is 104 Å². The molecule has 2 bridgehead atoms. The van der Waals surface area contributed by atoms with Crippen LogP contribution in [0.5, 0.6) is 5.75 Å². The Hall–Kier alpha value is -2.87. The van der Waals surface area contributed by atoms with Gasteiger partial charge >= 0.3 is 6.09 Å². The van der Waals surface area contributed by atoms with Gasteiger partial charge in [0.05, 0.1) is 17.7 Å². The van der Waals surface area contributed by atoms with Gasteiger partial charge in [0.25, 0.3) is 0 Å². The van der Waals surface area contributed by atoms with Crippen molar-refractivity contribution in [3.8, 4) is 11.8 Å². The summed E-state index contributed by atoms with van der Waals surface area (Å²) in [4.78, 5) is 30.7. The summed E-state index contributed by atoms with van der Waals surface area (Å²) in [6.07, 6.45) is 2.14. The van der Waals surface area contributed by atoms with E-state index in [4.69, 9.17) is 10.00 Å². The Morgan fingerprint density at radius 2 is 1.69 bits per heavy atom. The predicted molar refractivity (Wildman–Crippen MR) is 134 cm³/mol. The fourth-order valence-corrected chi connectivity index (χ4v) is 5.73. The number of piperazine rings is 2. The van der Waals surface area contributed by atoms with Crippen LogP contribution >= 0.6 is 0 Å². The van der Waals surface area contributed by atoms with Gasteiger partial charge in [-0.3, -0.25) is 9.69 Å². The van der Waals surface area contributed by atoms with Crippen LogP contribution in [0, 0.1) is 11.3 Å². The van der Waals surface area contributed by atoms with E-state index in [1.54, 1.807) is 31.2 Å². The third kappa shape index (κ3) is 6.27. The van der Waals surface area contributed by atoms with Crippen molar-refractivity contribution < 1.29 is 19.4 Å². The van der Waals surface area contributed by atoms with E-state index in [-0.39, 0.29) is 30.6 Å². The lowest BCUT2D eigenvalue weighted by Crippen LogP contribution is -2.64. The van der Waals surface area contributed by atoms with Crippen LogP contribution in [0.1, 0.15) is 38.7 Å². The molecule has 3 unspecified atom stereocenters.